The first-order valence-electron chi connectivity index (χ1n) is 6.02. The van der Waals surface area contributed by atoms with E-state index >= 15 is 0 Å². The maximum absolute atomic E-state index is 12.3. The molecule has 1 aromatic heterocycles. The maximum Gasteiger partial charge on any atom is 0.257 e. The molecule has 1 heterocycles. The average molecular weight is 243 g/mol. The lowest BCUT2D eigenvalue weighted by Gasteiger charge is -2.20. The molecule has 1 aromatic carbocycles. The van der Waals surface area contributed by atoms with Crippen molar-refractivity contribution in [2.24, 2.45) is 7.05 Å². The number of carbonyl (C=O) groups excluding carboxylic acids is 1. The van der Waals surface area contributed by atoms with Crippen LogP contribution in [0.15, 0.2) is 42.7 Å². The summed E-state index contributed by atoms with van der Waals surface area (Å²) in [4.78, 5) is 14.1. The van der Waals surface area contributed by atoms with Gasteiger partial charge in [0.05, 0.1) is 11.8 Å². The second-order valence-corrected chi connectivity index (χ2v) is 4.21. The number of amides is 1. The molecule has 2 rings (SSSR count). The quantitative estimate of drug-likeness (QED) is 0.824. The normalized spacial score (nSPS) is 10.3. The van der Waals surface area contributed by atoms with E-state index in [1.54, 1.807) is 17.1 Å². The Kier molecular flexibility index (Phi) is 3.77. The highest BCUT2D eigenvalue weighted by molar-refractivity contribution is 5.93. The van der Waals surface area contributed by atoms with Gasteiger partial charge in [0.1, 0.15) is 0 Å². The van der Waals surface area contributed by atoms with Crippen molar-refractivity contribution in [3.8, 4) is 0 Å². The van der Waals surface area contributed by atoms with Crippen LogP contribution in [0.3, 0.4) is 0 Å². The van der Waals surface area contributed by atoms with Crippen molar-refractivity contribution in [1.29, 1.82) is 0 Å². The molecule has 0 atom stereocenters. The summed E-state index contributed by atoms with van der Waals surface area (Å²) in [6.45, 7) is 3.30. The summed E-state index contributed by atoms with van der Waals surface area (Å²) in [6.07, 6.45) is 3.35. The summed E-state index contributed by atoms with van der Waals surface area (Å²) in [5, 5.41) is 4.03. The molecular formula is C14H17N3O. The zero-order chi connectivity index (χ0) is 13.0. The SMILES string of the molecule is CCN(Cc1ccccc1)C(=O)c1cnn(C)c1. The monoisotopic (exact) mass is 243 g/mol. The van der Waals surface area contributed by atoms with Crippen LogP contribution in [0.1, 0.15) is 22.8 Å². The Morgan fingerprint density at radius 3 is 2.61 bits per heavy atom. The molecule has 0 aliphatic heterocycles. The van der Waals surface area contributed by atoms with Crippen molar-refractivity contribution in [2.75, 3.05) is 6.54 Å². The van der Waals surface area contributed by atoms with Gasteiger partial charge in [-0.15, -0.1) is 0 Å². The van der Waals surface area contributed by atoms with Gasteiger partial charge in [-0.2, -0.15) is 5.10 Å². The molecule has 0 fully saturated rings. The van der Waals surface area contributed by atoms with E-state index in [-0.39, 0.29) is 5.91 Å². The highest BCUT2D eigenvalue weighted by Gasteiger charge is 2.15. The van der Waals surface area contributed by atoms with E-state index in [0.717, 1.165) is 5.56 Å². The molecule has 0 unspecified atom stereocenters. The smallest absolute Gasteiger partial charge is 0.257 e. The zero-order valence-corrected chi connectivity index (χ0v) is 10.7. The molecule has 0 bridgehead atoms. The highest BCUT2D eigenvalue weighted by Crippen LogP contribution is 2.09. The lowest BCUT2D eigenvalue weighted by Crippen LogP contribution is -2.30. The molecule has 2 aromatic rings. The number of carbonyl (C=O) groups is 1. The van der Waals surface area contributed by atoms with Crippen LogP contribution in [0.5, 0.6) is 0 Å². The summed E-state index contributed by atoms with van der Waals surface area (Å²) in [5.74, 6) is 0.0226. The first-order valence-corrected chi connectivity index (χ1v) is 6.02. The second-order valence-electron chi connectivity index (χ2n) is 4.21. The van der Waals surface area contributed by atoms with E-state index in [0.29, 0.717) is 18.7 Å². The summed E-state index contributed by atoms with van der Waals surface area (Å²) in [5.41, 5.74) is 1.77. The molecule has 0 saturated heterocycles. The molecular weight excluding hydrogens is 226 g/mol. The van der Waals surface area contributed by atoms with Gasteiger partial charge >= 0.3 is 0 Å². The van der Waals surface area contributed by atoms with Crippen molar-refractivity contribution < 1.29 is 4.79 Å². The third kappa shape index (κ3) is 2.77. The topological polar surface area (TPSA) is 38.1 Å². The van der Waals surface area contributed by atoms with Gasteiger partial charge in [-0.1, -0.05) is 30.3 Å². The van der Waals surface area contributed by atoms with Crippen molar-refractivity contribution in [2.45, 2.75) is 13.5 Å². The van der Waals surface area contributed by atoms with Gasteiger partial charge in [-0.05, 0) is 12.5 Å². The fourth-order valence-corrected chi connectivity index (χ4v) is 1.85. The molecule has 0 spiro atoms. The van der Waals surface area contributed by atoms with Gasteiger partial charge in [-0.3, -0.25) is 9.48 Å². The number of aromatic nitrogens is 2. The lowest BCUT2D eigenvalue weighted by molar-refractivity contribution is 0.0752. The first kappa shape index (κ1) is 12.4. The summed E-state index contributed by atoms with van der Waals surface area (Å²) in [6, 6.07) is 10.00. The van der Waals surface area contributed by atoms with E-state index < -0.39 is 0 Å². The third-order valence-electron chi connectivity index (χ3n) is 2.84. The van der Waals surface area contributed by atoms with Gasteiger partial charge in [0.25, 0.3) is 5.91 Å². The summed E-state index contributed by atoms with van der Waals surface area (Å²) in [7, 11) is 1.81. The number of hydrogen-bond acceptors (Lipinski definition) is 2. The highest BCUT2D eigenvalue weighted by atomic mass is 16.2. The van der Waals surface area contributed by atoms with E-state index in [1.807, 2.05) is 49.2 Å². The first-order chi connectivity index (χ1) is 8.70. The Labute approximate surface area is 107 Å². The number of hydrogen-bond donors (Lipinski definition) is 0. The van der Waals surface area contributed by atoms with Crippen molar-refractivity contribution in [1.82, 2.24) is 14.7 Å². The minimum atomic E-state index is 0.0226. The number of benzene rings is 1. The Balaban J connectivity index is 2.12. The van der Waals surface area contributed by atoms with Gasteiger partial charge < -0.3 is 4.90 Å². The predicted molar refractivity (Wildman–Crippen MR) is 70.1 cm³/mol. The second kappa shape index (κ2) is 5.49. The standard InChI is InChI=1S/C14H17N3O/c1-3-17(10-12-7-5-4-6-8-12)14(18)13-9-15-16(2)11-13/h4-9,11H,3,10H2,1-2H3. The molecule has 4 nitrogen and oxygen atoms in total. The van der Waals surface area contributed by atoms with E-state index in [9.17, 15) is 4.79 Å². The molecule has 18 heavy (non-hydrogen) atoms. The van der Waals surface area contributed by atoms with Crippen LogP contribution in [-0.4, -0.2) is 27.1 Å². The Hall–Kier alpha value is -2.10. The third-order valence-corrected chi connectivity index (χ3v) is 2.84. The Morgan fingerprint density at radius 1 is 1.33 bits per heavy atom. The minimum absolute atomic E-state index is 0.0226. The van der Waals surface area contributed by atoms with Crippen LogP contribution in [0, 0.1) is 0 Å². The molecule has 94 valence electrons. The van der Waals surface area contributed by atoms with Crippen LogP contribution >= 0.6 is 0 Å². The maximum atomic E-state index is 12.3. The van der Waals surface area contributed by atoms with E-state index in [2.05, 4.69) is 5.10 Å². The lowest BCUT2D eigenvalue weighted by atomic mass is 10.2. The Bertz CT molecular complexity index is 519. The fourth-order valence-electron chi connectivity index (χ4n) is 1.85. The van der Waals surface area contributed by atoms with Crippen LogP contribution in [0.2, 0.25) is 0 Å². The van der Waals surface area contributed by atoms with Gasteiger partial charge in [0.2, 0.25) is 0 Å². The van der Waals surface area contributed by atoms with Gasteiger partial charge in [0, 0.05) is 26.3 Å². The van der Waals surface area contributed by atoms with Crippen molar-refractivity contribution in [3.63, 3.8) is 0 Å². The molecule has 1 amide bonds. The molecule has 0 saturated carbocycles. The van der Waals surface area contributed by atoms with Crippen molar-refractivity contribution in [3.05, 3.63) is 53.9 Å². The van der Waals surface area contributed by atoms with Crippen LogP contribution in [-0.2, 0) is 13.6 Å². The van der Waals surface area contributed by atoms with Crippen LogP contribution in [0.4, 0.5) is 0 Å². The molecule has 0 aliphatic carbocycles. The molecule has 4 heteroatoms. The van der Waals surface area contributed by atoms with E-state index in [1.165, 1.54) is 0 Å². The zero-order valence-electron chi connectivity index (χ0n) is 10.7. The average Bonchev–Trinajstić information content (AvgIpc) is 2.83. The minimum Gasteiger partial charge on any atom is -0.335 e. The molecule has 0 aliphatic rings. The Morgan fingerprint density at radius 2 is 2.06 bits per heavy atom. The largest absolute Gasteiger partial charge is 0.335 e. The van der Waals surface area contributed by atoms with Gasteiger partial charge in [0.15, 0.2) is 0 Å². The molecule has 0 N–H and O–H groups in total. The molecule has 0 radical (unpaired) electrons. The fraction of sp³-hybridized carbons (Fsp3) is 0.286. The number of rotatable bonds is 4. The predicted octanol–water partition coefficient (Wildman–Crippen LogP) is 2.08. The number of nitrogens with zero attached hydrogens (tertiary/aromatic N) is 3. The van der Waals surface area contributed by atoms with Crippen molar-refractivity contribution >= 4 is 5.91 Å². The van der Waals surface area contributed by atoms with Crippen LogP contribution in [0.25, 0.3) is 0 Å². The van der Waals surface area contributed by atoms with Gasteiger partial charge in [-0.25, -0.2) is 0 Å². The number of aryl methyl sites for hydroxylation is 1. The van der Waals surface area contributed by atoms with Crippen LogP contribution < -0.4 is 0 Å². The summed E-state index contributed by atoms with van der Waals surface area (Å²) < 4.78 is 1.64. The summed E-state index contributed by atoms with van der Waals surface area (Å²) >= 11 is 0. The van der Waals surface area contributed by atoms with E-state index in [4.69, 9.17) is 0 Å².